The maximum atomic E-state index is 11.4. The molecule has 4 nitrogen and oxygen atoms in total. The van der Waals surface area contributed by atoms with Crippen molar-refractivity contribution in [2.24, 2.45) is 0 Å². The molecule has 0 spiro atoms. The van der Waals surface area contributed by atoms with Crippen molar-refractivity contribution in [3.05, 3.63) is 95.6 Å². The lowest BCUT2D eigenvalue weighted by molar-refractivity contribution is 0.157. The Hall–Kier alpha value is -3.11. The second-order valence-electron chi connectivity index (χ2n) is 9.21. The Labute approximate surface area is 247 Å². The number of carbonyl (C=O) groups excluding carboxylic acids is 1. The van der Waals surface area contributed by atoms with Crippen LogP contribution in [-0.4, -0.2) is 49.2 Å². The van der Waals surface area contributed by atoms with Crippen LogP contribution >= 0.6 is 0 Å². The molecule has 3 rings (SSSR count). The van der Waals surface area contributed by atoms with Gasteiger partial charge in [0.15, 0.2) is 0 Å². The number of hydrogen-bond acceptors (Lipinski definition) is 3. The van der Waals surface area contributed by atoms with Crippen molar-refractivity contribution in [1.82, 2.24) is 9.80 Å². The van der Waals surface area contributed by atoms with Crippen molar-refractivity contribution < 1.29 is 9.53 Å². The van der Waals surface area contributed by atoms with Crippen molar-refractivity contribution in [1.29, 1.82) is 0 Å². The van der Waals surface area contributed by atoms with Gasteiger partial charge in [-0.1, -0.05) is 132 Å². The van der Waals surface area contributed by atoms with E-state index in [1.807, 2.05) is 47.6 Å². The fraction of sp³-hybridized carbons (Fsp3) is 0.472. The van der Waals surface area contributed by atoms with Gasteiger partial charge in [-0.25, -0.2) is 4.79 Å². The number of benzene rings is 2. The Morgan fingerprint density at radius 3 is 2.05 bits per heavy atom. The molecule has 0 radical (unpaired) electrons. The van der Waals surface area contributed by atoms with Crippen LogP contribution in [-0.2, 0) is 11.3 Å². The van der Waals surface area contributed by atoms with Gasteiger partial charge >= 0.3 is 6.09 Å². The van der Waals surface area contributed by atoms with Crippen molar-refractivity contribution in [3.63, 3.8) is 0 Å². The maximum absolute atomic E-state index is 11.4. The number of amides is 1. The van der Waals surface area contributed by atoms with Crippen LogP contribution in [0.3, 0.4) is 0 Å². The van der Waals surface area contributed by atoms with E-state index in [0.717, 1.165) is 11.1 Å². The Balaban J connectivity index is 0. The first-order valence-electron chi connectivity index (χ1n) is 14.9. The summed E-state index contributed by atoms with van der Waals surface area (Å²) in [7, 11) is 2.14. The molecular formula is C36H58N2O2. The highest BCUT2D eigenvalue weighted by Crippen LogP contribution is 2.21. The number of hydrogen-bond donors (Lipinski definition) is 0. The average molecular weight is 551 g/mol. The summed E-state index contributed by atoms with van der Waals surface area (Å²) in [5.41, 5.74) is 7.17. The first-order chi connectivity index (χ1) is 19.2. The van der Waals surface area contributed by atoms with Crippen LogP contribution in [0.15, 0.2) is 84.5 Å². The predicted octanol–water partition coefficient (Wildman–Crippen LogP) is 10.1. The number of carbonyl (C=O) groups is 1. The lowest BCUT2D eigenvalue weighted by Crippen LogP contribution is -2.23. The molecule has 1 amide bonds. The molecule has 2 aromatic rings. The molecule has 1 heterocycles. The van der Waals surface area contributed by atoms with Gasteiger partial charge in [-0.3, -0.25) is 0 Å². The van der Waals surface area contributed by atoms with E-state index in [1.54, 1.807) is 4.90 Å². The van der Waals surface area contributed by atoms with E-state index in [0.29, 0.717) is 19.7 Å². The van der Waals surface area contributed by atoms with Gasteiger partial charge in [-0.15, -0.1) is 0 Å². The molecule has 0 aromatic heterocycles. The summed E-state index contributed by atoms with van der Waals surface area (Å²) in [5, 5.41) is 0. The molecule has 224 valence electrons. The van der Waals surface area contributed by atoms with E-state index in [-0.39, 0.29) is 6.09 Å². The minimum atomic E-state index is -0.215. The summed E-state index contributed by atoms with van der Waals surface area (Å²) in [6, 6.07) is 16.8. The van der Waals surface area contributed by atoms with Crippen LogP contribution in [0.1, 0.15) is 79.9 Å². The van der Waals surface area contributed by atoms with Gasteiger partial charge < -0.3 is 14.5 Å². The van der Waals surface area contributed by atoms with Crippen LogP contribution < -0.4 is 0 Å². The monoisotopic (exact) mass is 550 g/mol. The van der Waals surface area contributed by atoms with Crippen molar-refractivity contribution >= 4 is 6.09 Å². The standard InChI is InChI=1S/C17H17NO2.C9H14.C6H15N.2C2H6/c1-13-3-2-4-16(11-13)15-7-5-14(6-8-15)12-18-9-10-20-17(18)19;1-5-9(4)7-6-8(2)3;1-4-6-7(3)5-2;2*1-2/h2-8,11H,9-10,12H2,1H3;5-7H,2H2,1,3-4H3;4-6H2,1-3H3;2*1-2H3/b;7-6-,9-5-;;;. The van der Waals surface area contributed by atoms with E-state index in [2.05, 4.69) is 107 Å². The van der Waals surface area contributed by atoms with Crippen LogP contribution in [0, 0.1) is 6.92 Å². The highest BCUT2D eigenvalue weighted by Gasteiger charge is 2.21. The molecule has 1 aliphatic rings. The Bertz CT molecular complexity index is 990. The summed E-state index contributed by atoms with van der Waals surface area (Å²) >= 11 is 0. The highest BCUT2D eigenvalue weighted by atomic mass is 16.6. The molecule has 0 aliphatic carbocycles. The molecule has 1 aliphatic heterocycles. The number of rotatable bonds is 8. The topological polar surface area (TPSA) is 32.8 Å². The number of cyclic esters (lactones) is 1. The second-order valence-corrected chi connectivity index (χ2v) is 9.21. The lowest BCUT2D eigenvalue weighted by atomic mass is 10.0. The summed E-state index contributed by atoms with van der Waals surface area (Å²) in [6.07, 6.45) is 7.19. The van der Waals surface area contributed by atoms with E-state index < -0.39 is 0 Å². The summed E-state index contributed by atoms with van der Waals surface area (Å²) in [6.45, 7) is 28.5. The van der Waals surface area contributed by atoms with Gasteiger partial charge in [0.2, 0.25) is 0 Å². The molecule has 4 heteroatoms. The summed E-state index contributed by atoms with van der Waals surface area (Å²) in [4.78, 5) is 15.4. The van der Waals surface area contributed by atoms with Crippen molar-refractivity contribution in [2.75, 3.05) is 33.3 Å². The second kappa shape index (κ2) is 24.9. The normalized spacial score (nSPS) is 12.2. The van der Waals surface area contributed by atoms with Gasteiger partial charge in [-0.2, -0.15) is 0 Å². The summed E-state index contributed by atoms with van der Waals surface area (Å²) < 4.78 is 4.93. The Morgan fingerprint density at radius 1 is 1.00 bits per heavy atom. The number of aryl methyl sites for hydroxylation is 1. The Morgan fingerprint density at radius 2 is 1.62 bits per heavy atom. The molecule has 1 saturated heterocycles. The third-order valence-corrected chi connectivity index (χ3v) is 5.75. The Kier molecular flexibility index (Phi) is 24.3. The van der Waals surface area contributed by atoms with Crippen LogP contribution in [0.25, 0.3) is 11.1 Å². The third kappa shape index (κ3) is 18.2. The first kappa shape index (κ1) is 39.0. The molecular weight excluding hydrogens is 492 g/mol. The smallest absolute Gasteiger partial charge is 0.410 e. The number of allylic oxidation sites excluding steroid dienone is 5. The zero-order chi connectivity index (χ0) is 30.9. The minimum absolute atomic E-state index is 0.215. The van der Waals surface area contributed by atoms with Crippen molar-refractivity contribution in [3.8, 4) is 11.1 Å². The minimum Gasteiger partial charge on any atom is -0.448 e. The molecule has 0 N–H and O–H groups in total. The van der Waals surface area contributed by atoms with Gasteiger partial charge in [0.25, 0.3) is 0 Å². The van der Waals surface area contributed by atoms with Crippen molar-refractivity contribution in [2.45, 2.75) is 82.2 Å². The SMILES string of the molecule is C=C(C)/C=C\C(C)=C/C.CC.CC.CCCN(C)CC.Cc1cccc(-c2ccc(CN3CCOC3=O)cc2)c1. The molecule has 2 aromatic carbocycles. The fourth-order valence-corrected chi connectivity index (χ4v) is 3.33. The highest BCUT2D eigenvalue weighted by molar-refractivity contribution is 5.69. The zero-order valence-electron chi connectivity index (χ0n) is 27.5. The maximum Gasteiger partial charge on any atom is 0.410 e. The van der Waals surface area contributed by atoms with Crippen LogP contribution in [0.4, 0.5) is 4.79 Å². The zero-order valence-corrected chi connectivity index (χ0v) is 27.5. The van der Waals surface area contributed by atoms with E-state index in [9.17, 15) is 4.79 Å². The number of ether oxygens (including phenoxy) is 1. The van der Waals surface area contributed by atoms with Crippen LogP contribution in [0.2, 0.25) is 0 Å². The fourth-order valence-electron chi connectivity index (χ4n) is 3.33. The largest absolute Gasteiger partial charge is 0.448 e. The van der Waals surface area contributed by atoms with E-state index >= 15 is 0 Å². The molecule has 0 atom stereocenters. The molecule has 0 saturated carbocycles. The van der Waals surface area contributed by atoms with Gasteiger partial charge in [0.1, 0.15) is 6.61 Å². The van der Waals surface area contributed by atoms with E-state index in [1.165, 1.54) is 41.8 Å². The van der Waals surface area contributed by atoms with Gasteiger partial charge in [0.05, 0.1) is 6.54 Å². The predicted molar refractivity (Wildman–Crippen MR) is 178 cm³/mol. The molecule has 1 fully saturated rings. The third-order valence-electron chi connectivity index (χ3n) is 5.75. The molecule has 0 unspecified atom stereocenters. The van der Waals surface area contributed by atoms with Gasteiger partial charge in [-0.05, 0) is 70.9 Å². The first-order valence-corrected chi connectivity index (χ1v) is 14.9. The number of nitrogens with zero attached hydrogens (tertiary/aromatic N) is 2. The van der Waals surface area contributed by atoms with Gasteiger partial charge in [0, 0.05) is 6.54 Å². The quantitative estimate of drug-likeness (QED) is 0.307. The average Bonchev–Trinajstić information content (AvgIpc) is 3.38. The lowest BCUT2D eigenvalue weighted by Gasteiger charge is -2.12. The van der Waals surface area contributed by atoms with E-state index in [4.69, 9.17) is 4.74 Å². The summed E-state index contributed by atoms with van der Waals surface area (Å²) in [5.74, 6) is 0. The van der Waals surface area contributed by atoms with Crippen LogP contribution in [0.5, 0.6) is 0 Å². The molecule has 0 bridgehead atoms. The molecule has 40 heavy (non-hydrogen) atoms.